The van der Waals surface area contributed by atoms with E-state index in [1.807, 2.05) is 37.8 Å². The molecule has 0 N–H and O–H groups in total. The number of anilines is 1. The molecule has 0 radical (unpaired) electrons. The molecule has 2 fully saturated rings. The molecular formula is C19H25N5. The van der Waals surface area contributed by atoms with Gasteiger partial charge in [-0.2, -0.15) is 0 Å². The lowest BCUT2D eigenvalue weighted by molar-refractivity contribution is 0.108. The second-order valence-electron chi connectivity index (χ2n) is 7.20. The van der Waals surface area contributed by atoms with Crippen molar-refractivity contribution in [2.75, 3.05) is 24.5 Å². The van der Waals surface area contributed by atoms with E-state index in [0.29, 0.717) is 0 Å². The molecule has 126 valence electrons. The van der Waals surface area contributed by atoms with Crippen LogP contribution in [0.1, 0.15) is 36.8 Å². The van der Waals surface area contributed by atoms with Gasteiger partial charge in [-0.25, -0.2) is 9.97 Å². The summed E-state index contributed by atoms with van der Waals surface area (Å²) in [6.07, 6.45) is 12.7. The van der Waals surface area contributed by atoms with Crippen molar-refractivity contribution in [1.29, 1.82) is 0 Å². The third kappa shape index (κ3) is 3.00. The van der Waals surface area contributed by atoms with E-state index in [4.69, 9.17) is 0 Å². The van der Waals surface area contributed by atoms with Gasteiger partial charge in [-0.3, -0.25) is 9.88 Å². The van der Waals surface area contributed by atoms with Crippen LogP contribution < -0.4 is 4.90 Å². The van der Waals surface area contributed by atoms with Crippen molar-refractivity contribution >= 4 is 5.95 Å². The van der Waals surface area contributed by atoms with Gasteiger partial charge in [0.15, 0.2) is 0 Å². The number of piperidine rings is 1. The summed E-state index contributed by atoms with van der Waals surface area (Å²) in [6.45, 7) is 6.31. The topological polar surface area (TPSA) is 45.2 Å². The van der Waals surface area contributed by atoms with Crippen LogP contribution in [0.5, 0.6) is 0 Å². The Bertz CT molecular complexity index is 672. The highest BCUT2D eigenvalue weighted by Crippen LogP contribution is 2.38. The van der Waals surface area contributed by atoms with Gasteiger partial charge in [0.25, 0.3) is 0 Å². The minimum Gasteiger partial charge on any atom is -0.339 e. The number of likely N-dealkylation sites (tertiary alicyclic amines) is 1. The van der Waals surface area contributed by atoms with Crippen LogP contribution in [0.4, 0.5) is 5.95 Å². The maximum Gasteiger partial charge on any atom is 0.225 e. The summed E-state index contributed by atoms with van der Waals surface area (Å²) >= 11 is 0. The van der Waals surface area contributed by atoms with Crippen molar-refractivity contribution in [2.45, 2.75) is 44.7 Å². The summed E-state index contributed by atoms with van der Waals surface area (Å²) in [5.74, 6) is 0.882. The molecule has 0 amide bonds. The summed E-state index contributed by atoms with van der Waals surface area (Å²) in [5.41, 5.74) is 2.69. The van der Waals surface area contributed by atoms with Crippen LogP contribution in [0.2, 0.25) is 0 Å². The first-order valence-electron chi connectivity index (χ1n) is 8.93. The Morgan fingerprint density at radius 1 is 1.08 bits per heavy atom. The van der Waals surface area contributed by atoms with Crippen LogP contribution in [0.15, 0.2) is 36.9 Å². The molecule has 24 heavy (non-hydrogen) atoms. The molecule has 2 aliphatic rings. The van der Waals surface area contributed by atoms with E-state index in [-0.39, 0.29) is 5.54 Å². The Morgan fingerprint density at radius 3 is 2.62 bits per heavy atom. The van der Waals surface area contributed by atoms with Gasteiger partial charge in [0.05, 0.1) is 0 Å². The van der Waals surface area contributed by atoms with Crippen molar-refractivity contribution in [2.24, 2.45) is 0 Å². The molecule has 0 bridgehead atoms. The molecule has 1 atom stereocenters. The minimum absolute atomic E-state index is 0.266. The predicted molar refractivity (Wildman–Crippen MR) is 94.8 cm³/mol. The van der Waals surface area contributed by atoms with Crippen LogP contribution in [0.3, 0.4) is 0 Å². The van der Waals surface area contributed by atoms with Crippen molar-refractivity contribution in [3.8, 4) is 0 Å². The van der Waals surface area contributed by atoms with Crippen LogP contribution in [-0.2, 0) is 6.54 Å². The van der Waals surface area contributed by atoms with Crippen LogP contribution in [-0.4, -0.2) is 45.0 Å². The van der Waals surface area contributed by atoms with E-state index >= 15 is 0 Å². The largest absolute Gasteiger partial charge is 0.339 e. The smallest absolute Gasteiger partial charge is 0.225 e. The number of pyridine rings is 1. The Balaban J connectivity index is 1.53. The van der Waals surface area contributed by atoms with Crippen LogP contribution in [0.25, 0.3) is 0 Å². The van der Waals surface area contributed by atoms with E-state index in [2.05, 4.69) is 30.8 Å². The predicted octanol–water partition coefficient (Wildman–Crippen LogP) is 2.82. The Morgan fingerprint density at radius 2 is 1.88 bits per heavy atom. The lowest BCUT2D eigenvalue weighted by atomic mass is 9.86. The Kier molecular flexibility index (Phi) is 4.19. The highest BCUT2D eigenvalue weighted by atomic mass is 15.3. The molecule has 0 aliphatic carbocycles. The monoisotopic (exact) mass is 323 g/mol. The highest BCUT2D eigenvalue weighted by molar-refractivity contribution is 5.32. The molecule has 0 saturated carbocycles. The van der Waals surface area contributed by atoms with Gasteiger partial charge in [-0.05, 0) is 56.3 Å². The number of hydrogen-bond donors (Lipinski definition) is 0. The Hall–Kier alpha value is -2.01. The normalized spacial score (nSPS) is 24.6. The first kappa shape index (κ1) is 15.5. The lowest BCUT2D eigenvalue weighted by Crippen LogP contribution is -2.55. The summed E-state index contributed by atoms with van der Waals surface area (Å²) in [4.78, 5) is 18.4. The number of aromatic nitrogens is 3. The highest BCUT2D eigenvalue weighted by Gasteiger charge is 2.44. The average Bonchev–Trinajstić information content (AvgIpc) is 2.98. The van der Waals surface area contributed by atoms with Gasteiger partial charge in [0.1, 0.15) is 0 Å². The molecule has 0 unspecified atom stereocenters. The second-order valence-corrected chi connectivity index (χ2v) is 7.20. The number of nitrogens with zero attached hydrogens (tertiary/aromatic N) is 5. The summed E-state index contributed by atoms with van der Waals surface area (Å²) in [5, 5.41) is 0. The fraction of sp³-hybridized carbons (Fsp3) is 0.526. The standard InChI is InChI=1S/C19H25N5/c1-16-11-21-18(22-12-16)23-9-3-6-19(15-23)7-4-10-24(19)14-17-5-2-8-20-13-17/h2,5,8,11-13H,3-4,6-7,9-10,14-15H2,1H3/t19-/m1/s1. The first-order chi connectivity index (χ1) is 11.8. The third-order valence-corrected chi connectivity index (χ3v) is 5.44. The SMILES string of the molecule is Cc1cnc(N2CCC[C@@]3(CCCN3Cc3cccnc3)C2)nc1. The fourth-order valence-electron chi connectivity index (χ4n) is 4.25. The van der Waals surface area contributed by atoms with Gasteiger partial charge in [0, 0.05) is 50.0 Å². The number of rotatable bonds is 3. The fourth-order valence-corrected chi connectivity index (χ4v) is 4.25. The van der Waals surface area contributed by atoms with Gasteiger partial charge in [0.2, 0.25) is 5.95 Å². The Labute approximate surface area is 143 Å². The van der Waals surface area contributed by atoms with Crippen LogP contribution in [0, 0.1) is 6.92 Å². The minimum atomic E-state index is 0.266. The zero-order valence-electron chi connectivity index (χ0n) is 14.4. The molecule has 1 spiro atoms. The molecule has 2 aliphatic heterocycles. The lowest BCUT2D eigenvalue weighted by Gasteiger charge is -2.46. The van der Waals surface area contributed by atoms with Gasteiger partial charge >= 0.3 is 0 Å². The second kappa shape index (κ2) is 6.48. The number of aryl methyl sites for hydroxylation is 1. The van der Waals surface area contributed by atoms with Crippen molar-refractivity contribution in [1.82, 2.24) is 19.9 Å². The maximum atomic E-state index is 4.55. The molecule has 5 heteroatoms. The summed E-state index contributed by atoms with van der Waals surface area (Å²) in [6, 6.07) is 4.22. The van der Waals surface area contributed by atoms with Gasteiger partial charge < -0.3 is 4.90 Å². The molecule has 2 saturated heterocycles. The summed E-state index contributed by atoms with van der Waals surface area (Å²) in [7, 11) is 0. The molecule has 2 aromatic rings. The van der Waals surface area contributed by atoms with Crippen molar-refractivity contribution in [3.05, 3.63) is 48.0 Å². The first-order valence-corrected chi connectivity index (χ1v) is 8.93. The van der Waals surface area contributed by atoms with Crippen LogP contribution >= 0.6 is 0 Å². The molecule has 2 aromatic heterocycles. The van der Waals surface area contributed by atoms with Gasteiger partial charge in [-0.1, -0.05) is 6.07 Å². The van der Waals surface area contributed by atoms with E-state index in [1.165, 1.54) is 37.8 Å². The summed E-state index contributed by atoms with van der Waals surface area (Å²) < 4.78 is 0. The van der Waals surface area contributed by atoms with Gasteiger partial charge in [-0.15, -0.1) is 0 Å². The van der Waals surface area contributed by atoms with E-state index in [9.17, 15) is 0 Å². The molecular weight excluding hydrogens is 298 g/mol. The molecule has 0 aromatic carbocycles. The van der Waals surface area contributed by atoms with E-state index in [0.717, 1.165) is 31.1 Å². The third-order valence-electron chi connectivity index (χ3n) is 5.44. The average molecular weight is 323 g/mol. The van der Waals surface area contributed by atoms with Crippen molar-refractivity contribution in [3.63, 3.8) is 0 Å². The number of hydrogen-bond acceptors (Lipinski definition) is 5. The molecule has 5 nitrogen and oxygen atoms in total. The quantitative estimate of drug-likeness (QED) is 0.869. The molecule has 4 rings (SSSR count). The van der Waals surface area contributed by atoms with E-state index in [1.54, 1.807) is 0 Å². The zero-order valence-corrected chi connectivity index (χ0v) is 14.4. The van der Waals surface area contributed by atoms with E-state index < -0.39 is 0 Å². The molecule has 4 heterocycles. The zero-order chi connectivity index (χ0) is 16.4. The maximum absolute atomic E-state index is 4.55. The van der Waals surface area contributed by atoms with Crippen molar-refractivity contribution < 1.29 is 0 Å².